The first-order chi connectivity index (χ1) is 10.7. The normalized spacial score (nSPS) is 16.1. The fraction of sp³-hybridized carbons (Fsp3) is 0.500. The van der Waals surface area contributed by atoms with Gasteiger partial charge in [0.15, 0.2) is 0 Å². The fourth-order valence-electron chi connectivity index (χ4n) is 3.45. The summed E-state index contributed by atoms with van der Waals surface area (Å²) >= 11 is 1.83. The van der Waals surface area contributed by atoms with Crippen molar-refractivity contribution in [2.75, 3.05) is 5.32 Å². The van der Waals surface area contributed by atoms with Gasteiger partial charge in [-0.25, -0.2) is 0 Å². The van der Waals surface area contributed by atoms with Crippen LogP contribution < -0.4 is 5.32 Å². The third kappa shape index (κ3) is 3.73. The second-order valence-corrected chi connectivity index (χ2v) is 7.80. The largest absolute Gasteiger partial charge is 0.380 e. The minimum atomic E-state index is 0.605. The number of nitrogens with one attached hydrogen (secondary N) is 1. The second-order valence-electron chi connectivity index (χ2n) is 6.77. The SMILES string of the molecule is CC(C)c1ccc(NCc2cccs2)c(C2CCCCC2)c1. The molecule has 0 radical (unpaired) electrons. The molecule has 0 unspecified atom stereocenters. The van der Waals surface area contributed by atoms with E-state index in [-0.39, 0.29) is 0 Å². The van der Waals surface area contributed by atoms with Crippen LogP contribution in [0.5, 0.6) is 0 Å². The van der Waals surface area contributed by atoms with Crippen LogP contribution in [0.4, 0.5) is 5.69 Å². The number of hydrogen-bond donors (Lipinski definition) is 1. The first kappa shape index (κ1) is 15.6. The van der Waals surface area contributed by atoms with Crippen LogP contribution in [0.3, 0.4) is 0 Å². The first-order valence-electron chi connectivity index (χ1n) is 8.64. The quantitative estimate of drug-likeness (QED) is 0.661. The zero-order chi connectivity index (χ0) is 15.4. The molecule has 1 aliphatic carbocycles. The Morgan fingerprint density at radius 3 is 2.64 bits per heavy atom. The summed E-state index contributed by atoms with van der Waals surface area (Å²) in [7, 11) is 0. The summed E-state index contributed by atoms with van der Waals surface area (Å²) in [6, 6.07) is 11.4. The van der Waals surface area contributed by atoms with E-state index in [2.05, 4.69) is 54.9 Å². The molecule has 0 spiro atoms. The summed E-state index contributed by atoms with van der Waals surface area (Å²) in [5, 5.41) is 5.84. The van der Waals surface area contributed by atoms with Crippen LogP contribution in [0.25, 0.3) is 0 Å². The Hall–Kier alpha value is -1.28. The van der Waals surface area contributed by atoms with Crippen molar-refractivity contribution in [2.45, 2.75) is 64.3 Å². The Morgan fingerprint density at radius 2 is 1.95 bits per heavy atom. The van der Waals surface area contributed by atoms with E-state index in [1.165, 1.54) is 48.2 Å². The minimum Gasteiger partial charge on any atom is -0.380 e. The average Bonchev–Trinajstić information content (AvgIpc) is 3.07. The van der Waals surface area contributed by atoms with E-state index in [9.17, 15) is 0 Å². The lowest BCUT2D eigenvalue weighted by Crippen LogP contribution is -2.09. The van der Waals surface area contributed by atoms with Crippen molar-refractivity contribution >= 4 is 17.0 Å². The van der Waals surface area contributed by atoms with Crippen molar-refractivity contribution in [3.63, 3.8) is 0 Å². The predicted molar refractivity (Wildman–Crippen MR) is 98.0 cm³/mol. The molecule has 0 atom stereocenters. The lowest BCUT2D eigenvalue weighted by molar-refractivity contribution is 0.444. The van der Waals surface area contributed by atoms with Gasteiger partial charge in [0, 0.05) is 17.1 Å². The Morgan fingerprint density at radius 1 is 1.14 bits per heavy atom. The second kappa shape index (κ2) is 7.32. The van der Waals surface area contributed by atoms with Crippen molar-refractivity contribution in [1.29, 1.82) is 0 Å². The van der Waals surface area contributed by atoms with Gasteiger partial charge in [0.2, 0.25) is 0 Å². The van der Waals surface area contributed by atoms with Crippen molar-refractivity contribution in [2.24, 2.45) is 0 Å². The Kier molecular flexibility index (Phi) is 5.20. The maximum atomic E-state index is 3.69. The van der Waals surface area contributed by atoms with Gasteiger partial charge in [0.05, 0.1) is 0 Å². The van der Waals surface area contributed by atoms with Gasteiger partial charge in [0.25, 0.3) is 0 Å². The van der Waals surface area contributed by atoms with Gasteiger partial charge in [-0.05, 0) is 53.3 Å². The number of benzene rings is 1. The molecule has 1 saturated carbocycles. The molecular formula is C20H27NS. The molecule has 2 aromatic rings. The number of thiophene rings is 1. The van der Waals surface area contributed by atoms with Crippen molar-refractivity contribution in [3.05, 3.63) is 51.7 Å². The maximum Gasteiger partial charge on any atom is 0.0494 e. The molecule has 3 rings (SSSR count). The highest BCUT2D eigenvalue weighted by molar-refractivity contribution is 7.09. The zero-order valence-corrected chi connectivity index (χ0v) is 14.6. The zero-order valence-electron chi connectivity index (χ0n) is 13.8. The van der Waals surface area contributed by atoms with Crippen molar-refractivity contribution < 1.29 is 0 Å². The summed E-state index contributed by atoms with van der Waals surface area (Å²) in [5.41, 5.74) is 4.38. The third-order valence-corrected chi connectivity index (χ3v) is 5.70. The highest BCUT2D eigenvalue weighted by atomic mass is 32.1. The molecule has 1 nitrogen and oxygen atoms in total. The average molecular weight is 314 g/mol. The van der Waals surface area contributed by atoms with Crippen LogP contribution in [0, 0.1) is 0 Å². The van der Waals surface area contributed by atoms with E-state index in [4.69, 9.17) is 0 Å². The molecule has 1 N–H and O–H groups in total. The first-order valence-corrected chi connectivity index (χ1v) is 9.52. The van der Waals surface area contributed by atoms with Crippen LogP contribution in [-0.2, 0) is 6.54 Å². The van der Waals surface area contributed by atoms with E-state index in [0.717, 1.165) is 12.5 Å². The molecule has 1 aliphatic rings. The standard InChI is InChI=1S/C20H27NS/c1-15(2)17-10-11-20(21-14-18-9-6-12-22-18)19(13-17)16-7-4-3-5-8-16/h6,9-13,15-16,21H,3-5,7-8,14H2,1-2H3. The van der Waals surface area contributed by atoms with Gasteiger partial charge in [0.1, 0.15) is 0 Å². The predicted octanol–water partition coefficient (Wildman–Crippen LogP) is 6.53. The van der Waals surface area contributed by atoms with E-state index in [0.29, 0.717) is 5.92 Å². The summed E-state index contributed by atoms with van der Waals surface area (Å²) < 4.78 is 0. The molecule has 0 saturated heterocycles. The van der Waals surface area contributed by atoms with E-state index >= 15 is 0 Å². The third-order valence-electron chi connectivity index (χ3n) is 4.82. The van der Waals surface area contributed by atoms with Gasteiger partial charge in [-0.15, -0.1) is 11.3 Å². The minimum absolute atomic E-state index is 0.605. The van der Waals surface area contributed by atoms with Crippen LogP contribution >= 0.6 is 11.3 Å². The molecule has 2 heteroatoms. The van der Waals surface area contributed by atoms with Gasteiger partial charge in [-0.1, -0.05) is 51.3 Å². The van der Waals surface area contributed by atoms with E-state index in [1.54, 1.807) is 5.56 Å². The molecule has 22 heavy (non-hydrogen) atoms. The fourth-order valence-corrected chi connectivity index (χ4v) is 4.09. The van der Waals surface area contributed by atoms with Crippen LogP contribution in [0.15, 0.2) is 35.7 Å². The maximum absolute atomic E-state index is 3.69. The van der Waals surface area contributed by atoms with Gasteiger partial charge in [-0.3, -0.25) is 0 Å². The number of hydrogen-bond acceptors (Lipinski definition) is 2. The molecule has 0 aliphatic heterocycles. The van der Waals surface area contributed by atoms with Gasteiger partial charge >= 0.3 is 0 Å². The molecular weight excluding hydrogens is 286 g/mol. The summed E-state index contributed by atoms with van der Waals surface area (Å²) in [6.07, 6.45) is 6.91. The highest BCUT2D eigenvalue weighted by Gasteiger charge is 2.19. The lowest BCUT2D eigenvalue weighted by Gasteiger charge is -2.26. The number of rotatable bonds is 5. The van der Waals surface area contributed by atoms with Crippen molar-refractivity contribution in [3.8, 4) is 0 Å². The molecule has 1 heterocycles. The van der Waals surface area contributed by atoms with Crippen molar-refractivity contribution in [1.82, 2.24) is 0 Å². The van der Waals surface area contributed by atoms with Crippen LogP contribution in [0.1, 0.15) is 73.8 Å². The summed E-state index contributed by atoms with van der Waals surface area (Å²) in [6.45, 7) is 5.52. The Bertz CT molecular complexity index is 580. The smallest absolute Gasteiger partial charge is 0.0494 e. The number of anilines is 1. The van der Waals surface area contributed by atoms with E-state index < -0.39 is 0 Å². The topological polar surface area (TPSA) is 12.0 Å². The summed E-state index contributed by atoms with van der Waals surface area (Å²) in [5.74, 6) is 1.35. The van der Waals surface area contributed by atoms with E-state index in [1.807, 2.05) is 11.3 Å². The molecule has 1 fully saturated rings. The molecule has 1 aromatic carbocycles. The van der Waals surface area contributed by atoms with Gasteiger partial charge < -0.3 is 5.32 Å². The Balaban J connectivity index is 1.83. The lowest BCUT2D eigenvalue weighted by atomic mass is 9.82. The molecule has 118 valence electrons. The Labute approximate surface area is 138 Å². The monoisotopic (exact) mass is 313 g/mol. The van der Waals surface area contributed by atoms with Gasteiger partial charge in [-0.2, -0.15) is 0 Å². The summed E-state index contributed by atoms with van der Waals surface area (Å²) in [4.78, 5) is 1.41. The van der Waals surface area contributed by atoms with Crippen LogP contribution in [0.2, 0.25) is 0 Å². The molecule has 0 amide bonds. The van der Waals surface area contributed by atoms with Crippen LogP contribution in [-0.4, -0.2) is 0 Å². The molecule has 1 aromatic heterocycles. The highest BCUT2D eigenvalue weighted by Crippen LogP contribution is 2.38. The molecule has 0 bridgehead atoms.